The van der Waals surface area contributed by atoms with Crippen molar-refractivity contribution >= 4 is 40.5 Å². The van der Waals surface area contributed by atoms with Gasteiger partial charge in [0.25, 0.3) is 11.5 Å². The van der Waals surface area contributed by atoms with Gasteiger partial charge in [-0.05, 0) is 146 Å². The Kier molecular flexibility index (Phi) is 23.2. The molecular weight excluding hydrogens is 1050 g/mol. The zero-order valence-corrected chi connectivity index (χ0v) is 49.2. The maximum Gasteiger partial charge on any atom is 0.253 e. The number of aliphatic hydroxyl groups is 1. The lowest BCUT2D eigenvalue weighted by atomic mass is 9.77. The minimum absolute atomic E-state index is 0.112. The number of hydrogen-bond acceptors (Lipinski definition) is 14. The molecule has 1 aliphatic carbocycles. The van der Waals surface area contributed by atoms with Crippen LogP contribution in [0.1, 0.15) is 97.2 Å². The zero-order valence-electron chi connectivity index (χ0n) is 48.4. The molecule has 2 aliphatic rings. The Balaban J connectivity index is 0.772. The van der Waals surface area contributed by atoms with E-state index in [9.17, 15) is 29.1 Å². The number of benzene rings is 3. The van der Waals surface area contributed by atoms with Gasteiger partial charge in [-0.3, -0.25) is 24.0 Å². The Bertz CT molecular complexity index is 2930. The maximum absolute atomic E-state index is 14.1. The van der Waals surface area contributed by atoms with Crippen LogP contribution in [0.2, 0.25) is 0 Å². The summed E-state index contributed by atoms with van der Waals surface area (Å²) >= 11 is 1.69. The highest BCUT2D eigenvalue weighted by molar-refractivity contribution is 7.13. The van der Waals surface area contributed by atoms with Gasteiger partial charge in [-0.1, -0.05) is 57.2 Å². The molecule has 18 heteroatoms. The normalized spacial score (nSPS) is 16.9. The number of amides is 3. The molecule has 81 heavy (non-hydrogen) atoms. The number of rotatable bonds is 29. The van der Waals surface area contributed by atoms with Crippen molar-refractivity contribution in [3.63, 3.8) is 0 Å². The molecule has 5 aromatic rings. The van der Waals surface area contributed by atoms with Gasteiger partial charge in [0.1, 0.15) is 19.0 Å². The summed E-state index contributed by atoms with van der Waals surface area (Å²) in [4.78, 5) is 73.7. The van der Waals surface area contributed by atoms with Crippen LogP contribution in [0.15, 0.2) is 83.0 Å². The van der Waals surface area contributed by atoms with Gasteiger partial charge in [-0.25, -0.2) is 0 Å². The van der Waals surface area contributed by atoms with Crippen LogP contribution in [0.3, 0.4) is 0 Å². The highest BCUT2D eigenvalue weighted by atomic mass is 32.1. The number of H-pyrrole nitrogens is 1. The van der Waals surface area contributed by atoms with Crippen molar-refractivity contribution in [1.82, 2.24) is 20.9 Å². The fourth-order valence-corrected chi connectivity index (χ4v) is 11.6. The van der Waals surface area contributed by atoms with Crippen molar-refractivity contribution in [2.75, 3.05) is 84.1 Å². The summed E-state index contributed by atoms with van der Waals surface area (Å²) in [7, 11) is 0. The average molecular weight is 1130 g/mol. The Labute approximate surface area is 480 Å². The molecule has 7 rings (SSSR count). The van der Waals surface area contributed by atoms with Crippen molar-refractivity contribution in [2.45, 2.75) is 112 Å². The first-order valence-electron chi connectivity index (χ1n) is 28.3. The molecule has 1 unspecified atom stereocenters. The number of carbonyl (C=O) groups excluding carboxylic acids is 4. The molecule has 0 radical (unpaired) electrons. The number of aliphatic hydroxyl groups excluding tert-OH is 1. The monoisotopic (exact) mass is 1130 g/mol. The van der Waals surface area contributed by atoms with Crippen LogP contribution in [-0.4, -0.2) is 131 Å². The third kappa shape index (κ3) is 17.6. The third-order valence-corrected chi connectivity index (χ3v) is 16.2. The number of aromatic amines is 1. The molecule has 3 amide bonds. The summed E-state index contributed by atoms with van der Waals surface area (Å²) in [6.07, 6.45) is 1.32. The van der Waals surface area contributed by atoms with Gasteiger partial charge >= 0.3 is 0 Å². The van der Waals surface area contributed by atoms with Gasteiger partial charge in [0, 0.05) is 72.2 Å². The fraction of sp³-hybridized carbons (Fsp3) is 0.508. The second kappa shape index (κ2) is 30.2. The number of aromatic nitrogens is 1. The van der Waals surface area contributed by atoms with E-state index < -0.39 is 35.3 Å². The number of nitrogens with one attached hydrogen (secondary N) is 4. The number of anilines is 1. The molecule has 1 aliphatic heterocycles. The van der Waals surface area contributed by atoms with Crippen molar-refractivity contribution in [3.05, 3.63) is 128 Å². The van der Waals surface area contributed by atoms with Gasteiger partial charge in [0.2, 0.25) is 11.8 Å². The summed E-state index contributed by atoms with van der Waals surface area (Å²) < 4.78 is 34.2. The number of carbonyl (C=O) groups is 4. The van der Waals surface area contributed by atoms with Gasteiger partial charge in [0.05, 0.1) is 64.3 Å². The Morgan fingerprint density at radius 3 is 2.00 bits per heavy atom. The smallest absolute Gasteiger partial charge is 0.253 e. The Morgan fingerprint density at radius 2 is 1.38 bits per heavy atom. The molecule has 1 saturated heterocycles. The molecule has 0 spiro atoms. The lowest BCUT2D eigenvalue weighted by Gasteiger charge is -2.37. The topological polar surface area (TPSA) is 216 Å². The molecule has 3 aromatic carbocycles. The summed E-state index contributed by atoms with van der Waals surface area (Å²) in [5.41, 5.74) is 8.77. The van der Waals surface area contributed by atoms with Gasteiger partial charge in [-0.15, -0.1) is 11.3 Å². The molecule has 1 saturated carbocycles. The fourth-order valence-electron chi connectivity index (χ4n) is 10.7. The van der Waals surface area contributed by atoms with Gasteiger partial charge in [0.15, 0.2) is 5.78 Å². The second-order valence-electron chi connectivity index (χ2n) is 22.1. The van der Waals surface area contributed by atoms with E-state index in [0.717, 1.165) is 64.1 Å². The van der Waals surface area contributed by atoms with Crippen LogP contribution >= 0.6 is 11.3 Å². The van der Waals surface area contributed by atoms with Crippen LogP contribution in [-0.2, 0) is 51.2 Å². The number of aryl methyl sites for hydroxylation is 3. The molecule has 17 nitrogen and oxygen atoms in total. The number of hydrogen-bond donors (Lipinski definition) is 5. The molecule has 2 aromatic heterocycles. The second-order valence-corrected chi connectivity index (χ2v) is 23.1. The molecule has 2 fully saturated rings. The van der Waals surface area contributed by atoms with Crippen LogP contribution in [0.25, 0.3) is 21.6 Å². The number of pyridine rings is 1. The molecule has 0 bridgehead atoms. The first kappa shape index (κ1) is 62.4. The van der Waals surface area contributed by atoms with E-state index in [1.54, 1.807) is 11.3 Å². The van der Waals surface area contributed by atoms with E-state index in [0.29, 0.717) is 76.3 Å². The Hall–Kier alpha value is -6.25. The largest absolute Gasteiger partial charge is 0.491 e. The van der Waals surface area contributed by atoms with Crippen LogP contribution in [0, 0.1) is 44.9 Å². The van der Waals surface area contributed by atoms with E-state index in [2.05, 4.69) is 57.2 Å². The SMILES string of the molecule is CCN(c1cc(-c2ccc(OCCOCCOCCOCCOCC(=O)N[C@H](C(=O)C3C[C@H](O)C[C@H]3C(=O)NCc3ccc(-c4sccc4C)cc3)C(C)(C)C)cc2)cc(C(=O)NCc2c(C)cc(C)[nH]c2=O)c1C)C1CCOCC1. The number of ether oxygens (including phenoxy) is 6. The highest BCUT2D eigenvalue weighted by Crippen LogP contribution is 2.38. The van der Waals surface area contributed by atoms with Gasteiger partial charge < -0.3 is 59.4 Å². The standard InChI is InChI=1S/C63H83N5O12S/c1-9-68(48-18-21-75-22-19-48)55-34-47(33-51(43(55)5)60(72)65-38-54-41(3)32-42(4)66-62(54)74)45-14-16-50(17-15-45)80-30-29-78-26-25-76-23-24-77-27-28-79-39-56(70)67-59(63(6,7)8)57(71)52-35-49(69)36-53(52)61(73)64-37-44-10-12-46(13-11-44)58-40(2)20-31-81-58/h10-17,20,31-34,48-49,52-53,59,69H,9,18-19,21-30,35-39H2,1-8H3,(H,64,73)(H,65,72)(H,66,74)(H,67,70)/t49-,52?,53+,59+/m0/s1. The zero-order chi connectivity index (χ0) is 58.1. The quantitative estimate of drug-likeness (QED) is 0.0286. The summed E-state index contributed by atoms with van der Waals surface area (Å²) in [5, 5.41) is 21.5. The van der Waals surface area contributed by atoms with E-state index in [4.69, 9.17) is 28.4 Å². The third-order valence-electron chi connectivity index (χ3n) is 15.1. The highest BCUT2D eigenvalue weighted by Gasteiger charge is 2.47. The number of nitrogens with zero attached hydrogens (tertiary/aromatic N) is 1. The van der Waals surface area contributed by atoms with Crippen molar-refractivity contribution in [2.24, 2.45) is 17.3 Å². The number of Topliss-reactive ketones (excluding diaryl/α,β-unsaturated/α-hetero) is 1. The molecular formula is C63H83N5O12S. The predicted molar refractivity (Wildman–Crippen MR) is 315 cm³/mol. The van der Waals surface area contributed by atoms with Crippen molar-refractivity contribution in [1.29, 1.82) is 0 Å². The average Bonchev–Trinajstić information content (AvgIpc) is 4.07. The first-order chi connectivity index (χ1) is 38.9. The van der Waals surface area contributed by atoms with E-state index >= 15 is 0 Å². The summed E-state index contributed by atoms with van der Waals surface area (Å²) in [6, 6.07) is 23.3. The van der Waals surface area contributed by atoms with Crippen LogP contribution < -0.4 is 31.1 Å². The lowest BCUT2D eigenvalue weighted by Crippen LogP contribution is -2.53. The van der Waals surface area contributed by atoms with Crippen molar-refractivity contribution < 1.29 is 52.7 Å². The van der Waals surface area contributed by atoms with Crippen LogP contribution in [0.5, 0.6) is 5.75 Å². The lowest BCUT2D eigenvalue weighted by molar-refractivity contribution is -0.138. The van der Waals surface area contributed by atoms with E-state index in [1.807, 2.05) is 102 Å². The number of thiophene rings is 1. The van der Waals surface area contributed by atoms with E-state index in [1.165, 1.54) is 10.4 Å². The summed E-state index contributed by atoms with van der Waals surface area (Å²) in [5.74, 6) is -2.07. The molecule has 3 heterocycles. The van der Waals surface area contributed by atoms with Crippen molar-refractivity contribution in [3.8, 4) is 27.3 Å². The number of ketones is 1. The molecule has 438 valence electrons. The summed E-state index contributed by atoms with van der Waals surface area (Å²) in [6.45, 7) is 20.3. The minimum Gasteiger partial charge on any atom is -0.491 e. The Morgan fingerprint density at radius 1 is 0.753 bits per heavy atom. The first-order valence-corrected chi connectivity index (χ1v) is 29.2. The molecule has 5 N–H and O–H groups in total. The minimum atomic E-state index is -0.898. The van der Waals surface area contributed by atoms with Crippen LogP contribution in [0.4, 0.5) is 5.69 Å². The van der Waals surface area contributed by atoms with E-state index in [-0.39, 0.29) is 68.4 Å². The van der Waals surface area contributed by atoms with Gasteiger partial charge in [-0.2, -0.15) is 0 Å². The predicted octanol–water partition coefficient (Wildman–Crippen LogP) is 8.19. The molecule has 4 atom stereocenters. The maximum atomic E-state index is 14.1.